The van der Waals surface area contributed by atoms with E-state index in [4.69, 9.17) is 11.6 Å². The molecule has 0 aliphatic carbocycles. The third kappa shape index (κ3) is 3.97. The third-order valence-electron chi connectivity index (χ3n) is 2.42. The summed E-state index contributed by atoms with van der Waals surface area (Å²) in [5.41, 5.74) is 0. The molecule has 0 atom stereocenters. The van der Waals surface area contributed by atoms with Gasteiger partial charge < -0.3 is 4.57 Å². The van der Waals surface area contributed by atoms with Gasteiger partial charge in [-0.05, 0) is 26.7 Å². The number of aryl methyl sites for hydroxylation is 2. The highest BCUT2D eigenvalue weighted by Gasteiger charge is 2.17. The van der Waals surface area contributed by atoms with Gasteiger partial charge in [0.05, 0.1) is 0 Å². The van der Waals surface area contributed by atoms with Crippen LogP contribution in [0.2, 0.25) is 0 Å². The van der Waals surface area contributed by atoms with Crippen LogP contribution in [-0.4, -0.2) is 30.4 Å². The normalized spacial score (nSPS) is 11.9. The Hall–Kier alpha value is -0.590. The van der Waals surface area contributed by atoms with Crippen LogP contribution in [0.25, 0.3) is 0 Å². The summed E-state index contributed by atoms with van der Waals surface area (Å²) in [5.74, 6) is 1.25. The van der Waals surface area contributed by atoms with Gasteiger partial charge >= 0.3 is 0 Å². The molecule has 0 bridgehead atoms. The van der Waals surface area contributed by atoms with Gasteiger partial charge in [-0.1, -0.05) is 0 Å². The molecule has 7 heteroatoms. The predicted molar refractivity (Wildman–Crippen MR) is 67.8 cm³/mol. The summed E-state index contributed by atoms with van der Waals surface area (Å²) < 4.78 is 28.0. The lowest BCUT2D eigenvalue weighted by atomic mass is 10.3. The van der Waals surface area contributed by atoms with Gasteiger partial charge in [0.15, 0.2) is 5.03 Å². The molecule has 0 radical (unpaired) electrons. The molecule has 1 N–H and O–H groups in total. The molecule has 98 valence electrons. The van der Waals surface area contributed by atoms with E-state index in [2.05, 4.69) is 9.71 Å². The van der Waals surface area contributed by atoms with Gasteiger partial charge in [-0.2, -0.15) is 0 Å². The Bertz CT molecular complexity index is 456. The van der Waals surface area contributed by atoms with E-state index in [1.165, 1.54) is 0 Å². The van der Waals surface area contributed by atoms with E-state index in [1.54, 1.807) is 17.7 Å². The quantitative estimate of drug-likeness (QED) is 0.608. The molecule has 0 aliphatic rings. The average molecular weight is 280 g/mol. The summed E-state index contributed by atoms with van der Waals surface area (Å²) in [6.07, 6.45) is 3.09. The zero-order valence-electron chi connectivity index (χ0n) is 10.1. The van der Waals surface area contributed by atoms with Crippen LogP contribution in [-0.2, 0) is 16.6 Å². The van der Waals surface area contributed by atoms with Crippen molar-refractivity contribution in [3.63, 3.8) is 0 Å². The summed E-state index contributed by atoms with van der Waals surface area (Å²) in [6, 6.07) is 0. The molecule has 0 fully saturated rings. The van der Waals surface area contributed by atoms with Gasteiger partial charge in [0.1, 0.15) is 5.82 Å². The monoisotopic (exact) mass is 279 g/mol. The summed E-state index contributed by atoms with van der Waals surface area (Å²) >= 11 is 5.52. The molecule has 5 nitrogen and oxygen atoms in total. The molecule has 0 aliphatic heterocycles. The molecule has 1 rings (SSSR count). The summed E-state index contributed by atoms with van der Waals surface area (Å²) in [5, 5.41) is 0.0859. The van der Waals surface area contributed by atoms with Crippen molar-refractivity contribution in [2.75, 3.05) is 12.4 Å². The van der Waals surface area contributed by atoms with Gasteiger partial charge in [-0.3, -0.25) is 0 Å². The first kappa shape index (κ1) is 14.5. The number of imidazole rings is 1. The standard InChI is InChI=1S/C10H18ClN3O2S/c1-3-14-8-10(13-9(14)2)17(15,16)12-7-5-4-6-11/h8,12H,3-7H2,1-2H3. The van der Waals surface area contributed by atoms with Crippen LogP contribution in [0.15, 0.2) is 11.2 Å². The lowest BCUT2D eigenvalue weighted by Gasteiger charge is -2.02. The number of nitrogens with one attached hydrogen (secondary N) is 1. The molecule has 1 heterocycles. The maximum atomic E-state index is 11.9. The van der Waals surface area contributed by atoms with Crippen molar-refractivity contribution in [2.45, 2.75) is 38.3 Å². The summed E-state index contributed by atoms with van der Waals surface area (Å²) in [7, 11) is -3.48. The van der Waals surface area contributed by atoms with Gasteiger partial charge in [-0.15, -0.1) is 11.6 Å². The molecule has 0 saturated heterocycles. The van der Waals surface area contributed by atoms with Crippen LogP contribution >= 0.6 is 11.6 Å². The predicted octanol–water partition coefficient (Wildman–Crippen LogP) is 1.51. The van der Waals surface area contributed by atoms with Crippen LogP contribution in [0.1, 0.15) is 25.6 Å². The van der Waals surface area contributed by atoms with Crippen molar-refractivity contribution in [3.8, 4) is 0 Å². The van der Waals surface area contributed by atoms with Gasteiger partial charge in [0, 0.05) is 25.2 Å². The van der Waals surface area contributed by atoms with Crippen LogP contribution in [0.5, 0.6) is 0 Å². The highest BCUT2D eigenvalue weighted by molar-refractivity contribution is 7.89. The molecule has 0 unspecified atom stereocenters. The van der Waals surface area contributed by atoms with Crippen molar-refractivity contribution in [1.29, 1.82) is 0 Å². The smallest absolute Gasteiger partial charge is 0.259 e. The number of hydrogen-bond acceptors (Lipinski definition) is 3. The summed E-state index contributed by atoms with van der Waals surface area (Å²) in [6.45, 7) is 4.84. The van der Waals surface area contributed by atoms with Gasteiger partial charge in [0.2, 0.25) is 0 Å². The first-order chi connectivity index (χ1) is 8.01. The Morgan fingerprint density at radius 3 is 2.71 bits per heavy atom. The third-order valence-corrected chi connectivity index (χ3v) is 4.02. The van der Waals surface area contributed by atoms with E-state index >= 15 is 0 Å². The van der Waals surface area contributed by atoms with E-state index in [0.29, 0.717) is 24.8 Å². The minimum Gasteiger partial charge on any atom is -0.334 e. The molecule has 0 spiro atoms. The first-order valence-electron chi connectivity index (χ1n) is 5.60. The van der Waals surface area contributed by atoms with Crippen molar-refractivity contribution >= 4 is 21.6 Å². The fraction of sp³-hybridized carbons (Fsp3) is 0.700. The maximum Gasteiger partial charge on any atom is 0.259 e. The van der Waals surface area contributed by atoms with E-state index in [9.17, 15) is 8.42 Å². The number of rotatable bonds is 7. The molecule has 0 amide bonds. The van der Waals surface area contributed by atoms with Gasteiger partial charge in [-0.25, -0.2) is 18.1 Å². The second kappa shape index (κ2) is 6.37. The molecule has 1 aromatic heterocycles. The molecular weight excluding hydrogens is 262 g/mol. The Morgan fingerprint density at radius 2 is 2.18 bits per heavy atom. The second-order valence-corrected chi connectivity index (χ2v) is 5.80. The zero-order valence-corrected chi connectivity index (χ0v) is 11.7. The fourth-order valence-electron chi connectivity index (χ4n) is 1.43. The van der Waals surface area contributed by atoms with E-state index in [1.807, 2.05) is 6.92 Å². The Labute approximate surface area is 107 Å². The van der Waals surface area contributed by atoms with Crippen LogP contribution in [0.3, 0.4) is 0 Å². The van der Waals surface area contributed by atoms with Crippen LogP contribution in [0.4, 0.5) is 0 Å². The lowest BCUT2D eigenvalue weighted by molar-refractivity contribution is 0.575. The number of alkyl halides is 1. The Balaban J connectivity index is 2.69. The van der Waals surface area contributed by atoms with E-state index in [0.717, 1.165) is 12.8 Å². The Kier molecular flexibility index (Phi) is 5.42. The van der Waals surface area contributed by atoms with Crippen molar-refractivity contribution in [1.82, 2.24) is 14.3 Å². The van der Waals surface area contributed by atoms with Gasteiger partial charge in [0.25, 0.3) is 10.0 Å². The molecule has 0 aromatic carbocycles. The van der Waals surface area contributed by atoms with Crippen molar-refractivity contribution < 1.29 is 8.42 Å². The zero-order chi connectivity index (χ0) is 12.9. The molecule has 0 saturated carbocycles. The number of halogens is 1. The highest BCUT2D eigenvalue weighted by Crippen LogP contribution is 2.08. The maximum absolute atomic E-state index is 11.9. The highest BCUT2D eigenvalue weighted by atomic mass is 35.5. The number of unbranched alkanes of at least 4 members (excludes halogenated alkanes) is 1. The molecular formula is C10H18ClN3O2S. The Morgan fingerprint density at radius 1 is 1.47 bits per heavy atom. The van der Waals surface area contributed by atoms with Crippen molar-refractivity contribution in [2.24, 2.45) is 0 Å². The number of aromatic nitrogens is 2. The number of nitrogens with zero attached hydrogens (tertiary/aromatic N) is 2. The lowest BCUT2D eigenvalue weighted by Crippen LogP contribution is -2.25. The SMILES string of the molecule is CCn1cc(S(=O)(=O)NCCCCCl)nc1C. The molecule has 17 heavy (non-hydrogen) atoms. The number of sulfonamides is 1. The fourth-order valence-corrected chi connectivity index (χ4v) is 2.70. The van der Waals surface area contributed by atoms with Crippen molar-refractivity contribution in [3.05, 3.63) is 12.0 Å². The minimum atomic E-state index is -3.48. The van der Waals surface area contributed by atoms with E-state index < -0.39 is 10.0 Å². The number of hydrogen-bond donors (Lipinski definition) is 1. The average Bonchev–Trinajstić information content (AvgIpc) is 2.67. The topological polar surface area (TPSA) is 64.0 Å². The summed E-state index contributed by atoms with van der Waals surface area (Å²) in [4.78, 5) is 4.04. The first-order valence-corrected chi connectivity index (χ1v) is 7.62. The molecule has 1 aromatic rings. The van der Waals surface area contributed by atoms with E-state index in [-0.39, 0.29) is 5.03 Å². The second-order valence-electron chi connectivity index (χ2n) is 3.71. The minimum absolute atomic E-state index is 0.0859. The van der Waals surface area contributed by atoms with Crippen LogP contribution in [0, 0.1) is 6.92 Å². The van der Waals surface area contributed by atoms with Crippen LogP contribution < -0.4 is 4.72 Å². The largest absolute Gasteiger partial charge is 0.334 e.